The van der Waals surface area contributed by atoms with E-state index in [4.69, 9.17) is 14.7 Å². The van der Waals surface area contributed by atoms with Crippen LogP contribution >= 0.6 is 0 Å². The van der Waals surface area contributed by atoms with Crippen LogP contribution < -0.4 is 5.69 Å². The first-order valence-corrected chi connectivity index (χ1v) is 7.70. The molecular weight excluding hydrogens is 330 g/mol. The van der Waals surface area contributed by atoms with Gasteiger partial charge < -0.3 is 24.6 Å². The Morgan fingerprint density at radius 1 is 1.60 bits per heavy atom. The maximum atomic E-state index is 12.3. The van der Waals surface area contributed by atoms with Crippen molar-refractivity contribution in [3.05, 3.63) is 22.7 Å². The van der Waals surface area contributed by atoms with E-state index in [1.165, 1.54) is 23.2 Å². The molecule has 1 aliphatic heterocycles. The van der Waals surface area contributed by atoms with E-state index in [0.29, 0.717) is 0 Å². The highest BCUT2D eigenvalue weighted by molar-refractivity contribution is 5.58. The van der Waals surface area contributed by atoms with E-state index < -0.39 is 36.8 Å². The molecule has 0 bridgehead atoms. The summed E-state index contributed by atoms with van der Waals surface area (Å²) in [5.74, 6) is 0.231. The molecule has 2 rings (SSSR count). The summed E-state index contributed by atoms with van der Waals surface area (Å²) in [6.07, 6.45) is -0.806. The van der Waals surface area contributed by atoms with Gasteiger partial charge in [0.15, 0.2) is 12.0 Å². The van der Waals surface area contributed by atoms with Crippen LogP contribution in [0.15, 0.2) is 22.1 Å². The number of aromatic nitrogens is 2. The SMILES string of the molecule is CN(C)C=Nc1ccn([C@@H]2O[C@H](CO)[C@@H](O)[C@H]2OCCC#N)c(=O)n1. The highest BCUT2D eigenvalue weighted by Gasteiger charge is 2.45. The highest BCUT2D eigenvalue weighted by Crippen LogP contribution is 2.31. The minimum absolute atomic E-state index is 0.0730. The summed E-state index contributed by atoms with van der Waals surface area (Å²) in [4.78, 5) is 21.9. The summed E-state index contributed by atoms with van der Waals surface area (Å²) in [5, 5.41) is 28.1. The molecule has 25 heavy (non-hydrogen) atoms. The van der Waals surface area contributed by atoms with E-state index in [0.717, 1.165) is 0 Å². The summed E-state index contributed by atoms with van der Waals surface area (Å²) < 4.78 is 12.2. The van der Waals surface area contributed by atoms with Gasteiger partial charge in [-0.05, 0) is 6.07 Å². The fourth-order valence-electron chi connectivity index (χ4n) is 2.36. The predicted octanol–water partition coefficient (Wildman–Crippen LogP) is -0.986. The minimum Gasteiger partial charge on any atom is -0.394 e. The number of ether oxygens (including phenoxy) is 2. The van der Waals surface area contributed by atoms with Gasteiger partial charge >= 0.3 is 5.69 Å². The molecule has 2 N–H and O–H groups in total. The molecule has 136 valence electrons. The molecule has 1 saturated heterocycles. The first-order valence-electron chi connectivity index (χ1n) is 7.70. The average Bonchev–Trinajstić information content (AvgIpc) is 2.89. The van der Waals surface area contributed by atoms with Crippen LogP contribution in [0.3, 0.4) is 0 Å². The Bertz CT molecular complexity index is 698. The molecule has 0 aromatic carbocycles. The quantitative estimate of drug-likeness (QED) is 0.363. The zero-order chi connectivity index (χ0) is 18.4. The molecule has 4 atom stereocenters. The third-order valence-electron chi connectivity index (χ3n) is 3.53. The van der Waals surface area contributed by atoms with Gasteiger partial charge in [-0.3, -0.25) is 4.57 Å². The second-order valence-corrected chi connectivity index (χ2v) is 5.67. The number of nitriles is 1. The Balaban J connectivity index is 2.24. The molecule has 1 fully saturated rings. The van der Waals surface area contributed by atoms with Crippen LogP contribution in [0.4, 0.5) is 5.82 Å². The van der Waals surface area contributed by atoms with Crippen molar-refractivity contribution < 1.29 is 19.7 Å². The van der Waals surface area contributed by atoms with Crippen molar-refractivity contribution >= 4 is 12.2 Å². The van der Waals surface area contributed by atoms with E-state index in [1.54, 1.807) is 19.0 Å². The van der Waals surface area contributed by atoms with Gasteiger partial charge in [0.1, 0.15) is 18.3 Å². The molecule has 1 aliphatic rings. The Hall–Kier alpha value is -2.32. The van der Waals surface area contributed by atoms with Crippen LogP contribution in [0.2, 0.25) is 0 Å². The first kappa shape index (κ1) is 19.0. The van der Waals surface area contributed by atoms with Crippen molar-refractivity contribution in [2.75, 3.05) is 27.3 Å². The second kappa shape index (κ2) is 8.68. The third kappa shape index (κ3) is 4.61. The van der Waals surface area contributed by atoms with Crippen molar-refractivity contribution in [1.82, 2.24) is 14.5 Å². The van der Waals surface area contributed by atoms with Crippen molar-refractivity contribution in [1.29, 1.82) is 5.26 Å². The molecule has 1 aromatic rings. The largest absolute Gasteiger partial charge is 0.394 e. The number of rotatable bonds is 7. The summed E-state index contributed by atoms with van der Waals surface area (Å²) in [6, 6.07) is 3.45. The van der Waals surface area contributed by atoms with Crippen LogP contribution in [0.1, 0.15) is 12.6 Å². The molecule has 0 aliphatic carbocycles. The van der Waals surface area contributed by atoms with E-state index in [1.807, 2.05) is 6.07 Å². The van der Waals surface area contributed by atoms with E-state index in [2.05, 4.69) is 9.98 Å². The van der Waals surface area contributed by atoms with Gasteiger partial charge in [0.05, 0.1) is 32.0 Å². The predicted molar refractivity (Wildman–Crippen MR) is 87.3 cm³/mol. The van der Waals surface area contributed by atoms with E-state index in [9.17, 15) is 15.0 Å². The second-order valence-electron chi connectivity index (χ2n) is 5.67. The molecule has 10 heteroatoms. The topological polar surface area (TPSA) is 133 Å². The van der Waals surface area contributed by atoms with Crippen LogP contribution in [-0.4, -0.2) is 76.6 Å². The lowest BCUT2D eigenvalue weighted by Gasteiger charge is -2.21. The number of nitrogens with zero attached hydrogens (tertiary/aromatic N) is 5. The van der Waals surface area contributed by atoms with Gasteiger partial charge in [-0.15, -0.1) is 0 Å². The number of hydrogen-bond acceptors (Lipinski definition) is 8. The first-order chi connectivity index (χ1) is 12.0. The van der Waals surface area contributed by atoms with Crippen molar-refractivity contribution in [3.8, 4) is 6.07 Å². The fourth-order valence-corrected chi connectivity index (χ4v) is 2.36. The highest BCUT2D eigenvalue weighted by atomic mass is 16.6. The monoisotopic (exact) mass is 351 g/mol. The normalized spacial score (nSPS) is 26.0. The Morgan fingerprint density at radius 3 is 2.96 bits per heavy atom. The Labute approximate surface area is 144 Å². The smallest absolute Gasteiger partial charge is 0.351 e. The molecule has 0 spiro atoms. The number of hydrogen-bond donors (Lipinski definition) is 2. The Kier molecular flexibility index (Phi) is 6.60. The molecule has 0 saturated carbocycles. The van der Waals surface area contributed by atoms with Gasteiger partial charge in [-0.2, -0.15) is 10.2 Å². The average molecular weight is 351 g/mol. The summed E-state index contributed by atoms with van der Waals surface area (Å²) >= 11 is 0. The zero-order valence-corrected chi connectivity index (χ0v) is 14.0. The lowest BCUT2D eigenvalue weighted by Crippen LogP contribution is -2.38. The summed E-state index contributed by atoms with van der Waals surface area (Å²) in [5.41, 5.74) is -0.627. The van der Waals surface area contributed by atoms with Crippen molar-refractivity contribution in [3.63, 3.8) is 0 Å². The van der Waals surface area contributed by atoms with Crippen LogP contribution in [0, 0.1) is 11.3 Å². The van der Waals surface area contributed by atoms with Crippen LogP contribution in [0.25, 0.3) is 0 Å². The molecule has 0 amide bonds. The lowest BCUT2D eigenvalue weighted by atomic mass is 10.1. The maximum absolute atomic E-state index is 12.3. The van der Waals surface area contributed by atoms with Crippen LogP contribution in [-0.2, 0) is 9.47 Å². The number of aliphatic hydroxyl groups excluding tert-OH is 2. The lowest BCUT2D eigenvalue weighted by molar-refractivity contribution is -0.0732. The molecular formula is C15H21N5O5. The number of aliphatic imine (C=N–C) groups is 1. The van der Waals surface area contributed by atoms with Gasteiger partial charge in [0.25, 0.3) is 0 Å². The Morgan fingerprint density at radius 2 is 2.36 bits per heavy atom. The molecule has 0 unspecified atom stereocenters. The van der Waals surface area contributed by atoms with Gasteiger partial charge in [0, 0.05) is 20.3 Å². The molecule has 10 nitrogen and oxygen atoms in total. The molecule has 1 aromatic heterocycles. The van der Waals surface area contributed by atoms with Crippen molar-refractivity contribution in [2.24, 2.45) is 4.99 Å². The van der Waals surface area contributed by atoms with Gasteiger partial charge in [-0.25, -0.2) is 9.79 Å². The molecule has 0 radical (unpaired) electrons. The third-order valence-corrected chi connectivity index (χ3v) is 3.53. The van der Waals surface area contributed by atoms with E-state index >= 15 is 0 Å². The minimum atomic E-state index is -1.13. The van der Waals surface area contributed by atoms with Gasteiger partial charge in [-0.1, -0.05) is 0 Å². The van der Waals surface area contributed by atoms with Crippen LogP contribution in [0.5, 0.6) is 0 Å². The summed E-state index contributed by atoms with van der Waals surface area (Å²) in [6.45, 7) is -0.354. The van der Waals surface area contributed by atoms with Crippen molar-refractivity contribution in [2.45, 2.75) is 31.0 Å². The zero-order valence-electron chi connectivity index (χ0n) is 14.0. The summed E-state index contributed by atoms with van der Waals surface area (Å²) in [7, 11) is 3.58. The maximum Gasteiger partial charge on any atom is 0.351 e. The number of aliphatic hydroxyl groups is 2. The van der Waals surface area contributed by atoms with Gasteiger partial charge in [0.2, 0.25) is 0 Å². The molecule has 2 heterocycles. The standard InChI is InChI=1S/C15H21N5O5/c1-19(2)9-17-11-4-6-20(15(23)18-11)14-13(24-7-3-5-16)12(22)10(8-21)25-14/h4,6,9-10,12-14,21-22H,3,7-8H2,1-2H3/t10-,12-,13-,14-/m1/s1. The van der Waals surface area contributed by atoms with E-state index in [-0.39, 0.29) is 18.8 Å². The fraction of sp³-hybridized carbons (Fsp3) is 0.600.